The summed E-state index contributed by atoms with van der Waals surface area (Å²) >= 11 is 0. The lowest BCUT2D eigenvalue weighted by molar-refractivity contribution is -0.151. The summed E-state index contributed by atoms with van der Waals surface area (Å²) in [6, 6.07) is 0. The molecular weight excluding hydrogens is 640 g/mol. The molecule has 3 rings (SSSR count). The molecule has 10 atom stereocenters. The maximum atomic E-state index is 13.6. The van der Waals surface area contributed by atoms with Gasteiger partial charge in [0.2, 0.25) is 0 Å². The van der Waals surface area contributed by atoms with E-state index in [0.717, 1.165) is 44.5 Å². The Balaban J connectivity index is 1.76. The van der Waals surface area contributed by atoms with Crippen molar-refractivity contribution in [2.24, 2.45) is 11.8 Å². The molecule has 0 spiro atoms. The third-order valence-corrected chi connectivity index (χ3v) is 10.7. The average Bonchev–Trinajstić information content (AvgIpc) is 3.87. The van der Waals surface area contributed by atoms with E-state index < -0.39 is 47.7 Å². The van der Waals surface area contributed by atoms with E-state index in [0.29, 0.717) is 32.4 Å². The Morgan fingerprint density at radius 3 is 2.64 bits per heavy atom. The van der Waals surface area contributed by atoms with Crippen LogP contribution >= 0.6 is 0 Å². The fourth-order valence-corrected chi connectivity index (χ4v) is 6.95. The van der Waals surface area contributed by atoms with Crippen molar-refractivity contribution in [3.05, 3.63) is 36.0 Å². The van der Waals surface area contributed by atoms with Gasteiger partial charge in [-0.2, -0.15) is 0 Å². The first-order chi connectivity index (χ1) is 23.6. The van der Waals surface area contributed by atoms with E-state index in [4.69, 9.17) is 18.9 Å². The Bertz CT molecular complexity index is 1170. The van der Waals surface area contributed by atoms with Crippen LogP contribution in [0, 0.1) is 11.8 Å². The molecule has 286 valence electrons. The summed E-state index contributed by atoms with van der Waals surface area (Å²) in [5.74, 6) is -0.833. The van der Waals surface area contributed by atoms with Gasteiger partial charge in [-0.25, -0.2) is 4.79 Å². The van der Waals surface area contributed by atoms with Crippen molar-refractivity contribution < 1.29 is 43.9 Å². The smallest absolute Gasteiger partial charge is 0.410 e. The fourth-order valence-electron chi connectivity index (χ4n) is 6.95. The first kappa shape index (κ1) is 42.1. The molecular formula is C39H66N2O9. The molecule has 0 aromatic rings. The molecule has 0 radical (unpaired) electrons. The summed E-state index contributed by atoms with van der Waals surface area (Å²) in [6.07, 6.45) is 10.2. The van der Waals surface area contributed by atoms with Crippen LogP contribution in [0.25, 0.3) is 0 Å². The number of hydrogen-bond acceptors (Lipinski definition) is 10. The van der Waals surface area contributed by atoms with Gasteiger partial charge in [-0.3, -0.25) is 4.79 Å². The highest BCUT2D eigenvalue weighted by molar-refractivity contribution is 5.70. The number of epoxide rings is 1. The van der Waals surface area contributed by atoms with Crippen molar-refractivity contribution in [3.8, 4) is 0 Å². The van der Waals surface area contributed by atoms with Crippen molar-refractivity contribution in [1.29, 1.82) is 0 Å². The Kier molecular flexibility index (Phi) is 16.5. The molecule has 0 aliphatic carbocycles. The highest BCUT2D eigenvalue weighted by Gasteiger charge is 2.47. The van der Waals surface area contributed by atoms with Gasteiger partial charge in [0.25, 0.3) is 0 Å². The number of aliphatic hydroxyl groups is 3. The van der Waals surface area contributed by atoms with Crippen LogP contribution in [0.1, 0.15) is 99.8 Å². The molecule has 10 unspecified atom stereocenters. The minimum atomic E-state index is -1.14. The van der Waals surface area contributed by atoms with Crippen molar-refractivity contribution >= 4 is 12.1 Å². The Morgan fingerprint density at radius 2 is 1.96 bits per heavy atom. The summed E-state index contributed by atoms with van der Waals surface area (Å²) in [7, 11) is 1.57. The van der Waals surface area contributed by atoms with Crippen LogP contribution in [0.4, 0.5) is 4.79 Å². The normalized spacial score (nSPS) is 33.7. The largest absolute Gasteiger partial charge is 0.457 e. The molecule has 0 saturated carbocycles. The van der Waals surface area contributed by atoms with E-state index >= 15 is 0 Å². The predicted octanol–water partition coefficient (Wildman–Crippen LogP) is 5.17. The molecule has 11 nitrogen and oxygen atoms in total. The van der Waals surface area contributed by atoms with Gasteiger partial charge in [0, 0.05) is 45.0 Å². The molecule has 0 bridgehead atoms. The van der Waals surface area contributed by atoms with E-state index in [1.165, 1.54) is 0 Å². The number of methoxy groups -OCH3 is 1. The standard InChI is InChI=1S/C39H66N2O9/c1-9-11-20-40-21-13-22-41(24-23-40)37(45)49-33-16-15-28(4)35(50-34(44)25-30(42)17-19-39(33,7)47-8)27(3)14-12-18-38(6,46)26-32-36(48-32)29(5)31(43)10-2/h12,14-16,18,28-33,35-36,42-43,46H,9-11,13,17,19-26H2,1-8H3/b16-15+,18-12+,27-14+. The monoisotopic (exact) mass is 706 g/mol. The second kappa shape index (κ2) is 19.5. The van der Waals surface area contributed by atoms with Gasteiger partial charge in [-0.05, 0) is 77.6 Å². The minimum Gasteiger partial charge on any atom is -0.457 e. The molecule has 0 aromatic heterocycles. The number of amides is 1. The Morgan fingerprint density at radius 1 is 1.22 bits per heavy atom. The highest BCUT2D eigenvalue weighted by atomic mass is 16.6. The molecule has 0 aromatic carbocycles. The van der Waals surface area contributed by atoms with E-state index in [2.05, 4.69) is 11.8 Å². The van der Waals surface area contributed by atoms with Gasteiger partial charge < -0.3 is 44.1 Å². The molecule has 2 fully saturated rings. The first-order valence-electron chi connectivity index (χ1n) is 18.8. The van der Waals surface area contributed by atoms with Crippen LogP contribution in [-0.2, 0) is 23.7 Å². The number of hydrogen-bond donors (Lipinski definition) is 3. The van der Waals surface area contributed by atoms with Gasteiger partial charge in [0.1, 0.15) is 11.7 Å². The molecule has 3 N–H and O–H groups in total. The van der Waals surface area contributed by atoms with E-state index in [1.54, 1.807) is 31.1 Å². The van der Waals surface area contributed by atoms with Crippen molar-refractivity contribution in [1.82, 2.24) is 9.80 Å². The van der Waals surface area contributed by atoms with Gasteiger partial charge in [0.15, 0.2) is 6.10 Å². The molecule has 3 aliphatic heterocycles. The topological polar surface area (TPSA) is 142 Å². The lowest BCUT2D eigenvalue weighted by atomic mass is 9.88. The SMILES string of the molecule is CCCCN1CCCN(C(=O)OC2/C=C/C(C)C(/C(C)=C/C=C/C(C)(O)CC3OC3C(C)C(O)CC)OC(=O)CC(O)CCC2(C)OC)CC1. The number of ether oxygens (including phenoxy) is 4. The van der Waals surface area contributed by atoms with E-state index in [-0.39, 0.29) is 36.9 Å². The molecule has 11 heteroatoms. The van der Waals surface area contributed by atoms with Crippen LogP contribution in [0.5, 0.6) is 0 Å². The Labute approximate surface area is 300 Å². The summed E-state index contributed by atoms with van der Waals surface area (Å²) in [5.41, 5.74) is -1.34. The molecule has 50 heavy (non-hydrogen) atoms. The second-order valence-electron chi connectivity index (χ2n) is 15.2. The lowest BCUT2D eigenvalue weighted by Crippen LogP contribution is -2.47. The zero-order valence-corrected chi connectivity index (χ0v) is 31.9. The van der Waals surface area contributed by atoms with Crippen LogP contribution in [0.2, 0.25) is 0 Å². The van der Waals surface area contributed by atoms with Gasteiger partial charge >= 0.3 is 12.1 Å². The fraction of sp³-hybridized carbons (Fsp3) is 0.795. The van der Waals surface area contributed by atoms with Crippen molar-refractivity contribution in [3.63, 3.8) is 0 Å². The van der Waals surface area contributed by atoms with Crippen LogP contribution in [-0.4, -0.2) is 125 Å². The minimum absolute atomic E-state index is 0.00349. The van der Waals surface area contributed by atoms with E-state index in [1.807, 2.05) is 52.8 Å². The maximum absolute atomic E-state index is 13.6. The van der Waals surface area contributed by atoms with Gasteiger partial charge in [-0.1, -0.05) is 58.4 Å². The quantitative estimate of drug-likeness (QED) is 0.102. The number of carbonyl (C=O) groups excluding carboxylic acids is 2. The third-order valence-electron chi connectivity index (χ3n) is 10.7. The number of nitrogens with zero attached hydrogens (tertiary/aromatic N) is 2. The molecule has 1 amide bonds. The van der Waals surface area contributed by atoms with Gasteiger partial charge in [-0.15, -0.1) is 0 Å². The number of carbonyl (C=O) groups is 2. The number of rotatable bonds is 13. The first-order valence-corrected chi connectivity index (χ1v) is 18.8. The van der Waals surface area contributed by atoms with Crippen LogP contribution < -0.4 is 0 Å². The van der Waals surface area contributed by atoms with Crippen LogP contribution in [0.3, 0.4) is 0 Å². The summed E-state index contributed by atoms with van der Waals surface area (Å²) < 4.78 is 23.8. The number of cyclic esters (lactones) is 1. The number of unbranched alkanes of at least 4 members (excludes halogenated alkanes) is 1. The zero-order chi connectivity index (χ0) is 37.1. The number of allylic oxidation sites excluding steroid dienone is 2. The zero-order valence-electron chi connectivity index (χ0n) is 31.9. The number of esters is 1. The molecule has 3 aliphatic rings. The van der Waals surface area contributed by atoms with Crippen molar-refractivity contribution in [2.75, 3.05) is 39.8 Å². The summed E-state index contributed by atoms with van der Waals surface area (Å²) in [6.45, 7) is 17.5. The van der Waals surface area contributed by atoms with Gasteiger partial charge in [0.05, 0.1) is 36.4 Å². The average molecular weight is 707 g/mol. The van der Waals surface area contributed by atoms with Crippen molar-refractivity contribution in [2.45, 2.75) is 148 Å². The Hall–Kier alpha value is -2.28. The van der Waals surface area contributed by atoms with E-state index in [9.17, 15) is 24.9 Å². The molecule has 2 saturated heterocycles. The summed E-state index contributed by atoms with van der Waals surface area (Å²) in [5, 5.41) is 32.0. The number of aliphatic hydroxyl groups excluding tert-OH is 2. The lowest BCUT2D eigenvalue weighted by Gasteiger charge is -2.36. The molecule has 3 heterocycles. The third kappa shape index (κ3) is 12.7. The van der Waals surface area contributed by atoms with Crippen LogP contribution in [0.15, 0.2) is 36.0 Å². The maximum Gasteiger partial charge on any atom is 0.410 e. The highest BCUT2D eigenvalue weighted by Crippen LogP contribution is 2.37. The predicted molar refractivity (Wildman–Crippen MR) is 194 cm³/mol. The second-order valence-corrected chi connectivity index (χ2v) is 15.2. The summed E-state index contributed by atoms with van der Waals surface area (Å²) in [4.78, 5) is 30.7.